The first-order chi connectivity index (χ1) is 9.21. The smallest absolute Gasteiger partial charge is 0.224 e. The zero-order chi connectivity index (χ0) is 15.3. The quantitative estimate of drug-likeness (QED) is 0.864. The zero-order valence-electron chi connectivity index (χ0n) is 12.5. The van der Waals surface area contributed by atoms with Gasteiger partial charge in [0, 0.05) is 10.9 Å². The van der Waals surface area contributed by atoms with Crippen LogP contribution in [0.15, 0.2) is 22.7 Å². The van der Waals surface area contributed by atoms with Gasteiger partial charge in [-0.25, -0.2) is 0 Å². The van der Waals surface area contributed by atoms with Crippen molar-refractivity contribution in [3.63, 3.8) is 0 Å². The van der Waals surface area contributed by atoms with E-state index in [4.69, 9.17) is 5.26 Å². The molecule has 3 nitrogen and oxygen atoms in total. The van der Waals surface area contributed by atoms with Gasteiger partial charge in [-0.3, -0.25) is 4.79 Å². The number of carbonyl (C=O) groups excluding carboxylic acids is 1. The molecule has 0 saturated heterocycles. The summed E-state index contributed by atoms with van der Waals surface area (Å²) in [5, 5.41) is 11.9. The molecule has 0 heterocycles. The van der Waals surface area contributed by atoms with Gasteiger partial charge in [0.25, 0.3) is 0 Å². The van der Waals surface area contributed by atoms with Crippen molar-refractivity contribution in [3.8, 4) is 6.07 Å². The lowest BCUT2D eigenvalue weighted by Gasteiger charge is -2.22. The van der Waals surface area contributed by atoms with Gasteiger partial charge in [-0.05, 0) is 36.0 Å². The highest BCUT2D eigenvalue weighted by Crippen LogP contribution is 2.26. The van der Waals surface area contributed by atoms with E-state index in [0.29, 0.717) is 23.6 Å². The monoisotopic (exact) mass is 336 g/mol. The first-order valence-corrected chi connectivity index (χ1v) is 7.50. The van der Waals surface area contributed by atoms with Crippen molar-refractivity contribution < 1.29 is 4.79 Å². The third kappa shape index (κ3) is 5.75. The molecule has 4 heteroatoms. The van der Waals surface area contributed by atoms with E-state index < -0.39 is 0 Å². The van der Waals surface area contributed by atoms with Gasteiger partial charge in [0.1, 0.15) is 6.07 Å². The first kappa shape index (κ1) is 16.7. The minimum absolute atomic E-state index is 0.0411. The Balaban J connectivity index is 2.66. The number of benzene rings is 1. The third-order valence-corrected chi connectivity index (χ3v) is 3.36. The highest BCUT2D eigenvalue weighted by atomic mass is 79.9. The molecule has 1 aromatic carbocycles. The molecule has 1 N–H and O–H groups in total. The van der Waals surface area contributed by atoms with E-state index in [2.05, 4.69) is 55.0 Å². The number of hydrogen-bond donors (Lipinski definition) is 1. The molecular formula is C16H21BrN2O. The van der Waals surface area contributed by atoms with Crippen LogP contribution in [0.4, 0.5) is 5.69 Å². The van der Waals surface area contributed by atoms with Crippen molar-refractivity contribution in [2.45, 2.75) is 40.5 Å². The molecule has 0 spiro atoms. The normalized spacial score (nSPS) is 12.6. The molecule has 1 unspecified atom stereocenters. The van der Waals surface area contributed by atoms with Gasteiger partial charge in [-0.2, -0.15) is 5.26 Å². The topological polar surface area (TPSA) is 52.9 Å². The number of nitrogens with zero attached hydrogens (tertiary/aromatic N) is 1. The van der Waals surface area contributed by atoms with Crippen LogP contribution in [0.1, 0.15) is 46.1 Å². The van der Waals surface area contributed by atoms with Crippen LogP contribution in [0.25, 0.3) is 0 Å². The Morgan fingerprint density at radius 2 is 2.10 bits per heavy atom. The van der Waals surface area contributed by atoms with Gasteiger partial charge >= 0.3 is 0 Å². The second kappa shape index (κ2) is 6.90. The molecule has 1 amide bonds. The zero-order valence-corrected chi connectivity index (χ0v) is 14.0. The van der Waals surface area contributed by atoms with Crippen LogP contribution in [0.2, 0.25) is 0 Å². The molecule has 1 aromatic rings. The van der Waals surface area contributed by atoms with Crippen LogP contribution < -0.4 is 5.32 Å². The molecule has 0 radical (unpaired) electrons. The summed E-state index contributed by atoms with van der Waals surface area (Å²) in [5.41, 5.74) is 1.26. The summed E-state index contributed by atoms with van der Waals surface area (Å²) >= 11 is 3.31. The number of nitriles is 1. The molecule has 0 fully saturated rings. The van der Waals surface area contributed by atoms with E-state index in [1.165, 1.54) is 0 Å². The Morgan fingerprint density at radius 3 is 2.65 bits per heavy atom. The molecule has 1 atom stereocenters. The van der Waals surface area contributed by atoms with Crippen LogP contribution in [0, 0.1) is 22.7 Å². The maximum Gasteiger partial charge on any atom is 0.224 e. The lowest BCUT2D eigenvalue weighted by atomic mass is 9.84. The number of carbonyl (C=O) groups is 1. The lowest BCUT2D eigenvalue weighted by Crippen LogP contribution is -2.19. The predicted molar refractivity (Wildman–Crippen MR) is 85.3 cm³/mol. The minimum Gasteiger partial charge on any atom is -0.325 e. The number of amides is 1. The fraction of sp³-hybridized carbons (Fsp3) is 0.500. The fourth-order valence-electron chi connectivity index (χ4n) is 2.35. The highest BCUT2D eigenvalue weighted by Gasteiger charge is 2.18. The molecule has 108 valence electrons. The Kier molecular flexibility index (Phi) is 5.76. The van der Waals surface area contributed by atoms with Gasteiger partial charge in [0.05, 0.1) is 11.3 Å². The van der Waals surface area contributed by atoms with Crippen molar-refractivity contribution in [2.24, 2.45) is 11.3 Å². The van der Waals surface area contributed by atoms with Gasteiger partial charge in [-0.15, -0.1) is 0 Å². The molecule has 0 bridgehead atoms. The highest BCUT2D eigenvalue weighted by molar-refractivity contribution is 9.10. The summed E-state index contributed by atoms with van der Waals surface area (Å²) in [6.45, 7) is 8.59. The average molecular weight is 337 g/mol. The average Bonchev–Trinajstić information content (AvgIpc) is 2.28. The van der Waals surface area contributed by atoms with Crippen LogP contribution in [-0.2, 0) is 4.79 Å². The van der Waals surface area contributed by atoms with Crippen molar-refractivity contribution in [2.75, 3.05) is 5.32 Å². The molecule has 0 saturated carbocycles. The van der Waals surface area contributed by atoms with Crippen molar-refractivity contribution >= 4 is 27.5 Å². The van der Waals surface area contributed by atoms with E-state index in [0.717, 1.165) is 10.9 Å². The lowest BCUT2D eigenvalue weighted by molar-refractivity contribution is -0.117. The van der Waals surface area contributed by atoms with Crippen LogP contribution in [0.5, 0.6) is 0 Å². The van der Waals surface area contributed by atoms with Gasteiger partial charge in [0.15, 0.2) is 0 Å². The summed E-state index contributed by atoms with van der Waals surface area (Å²) in [6, 6.07) is 7.35. The number of rotatable bonds is 4. The van der Waals surface area contributed by atoms with Crippen LogP contribution in [0.3, 0.4) is 0 Å². The third-order valence-electron chi connectivity index (χ3n) is 2.87. The maximum absolute atomic E-state index is 12.0. The van der Waals surface area contributed by atoms with Gasteiger partial charge < -0.3 is 5.32 Å². The number of nitrogens with one attached hydrogen (secondary N) is 1. The Bertz CT molecular complexity index is 526. The van der Waals surface area contributed by atoms with E-state index in [-0.39, 0.29) is 11.3 Å². The Morgan fingerprint density at radius 1 is 1.45 bits per heavy atom. The van der Waals surface area contributed by atoms with Gasteiger partial charge in [-0.1, -0.05) is 43.6 Å². The van der Waals surface area contributed by atoms with Crippen LogP contribution >= 0.6 is 15.9 Å². The van der Waals surface area contributed by atoms with Crippen molar-refractivity contribution in [1.29, 1.82) is 5.26 Å². The van der Waals surface area contributed by atoms with Crippen molar-refractivity contribution in [3.05, 3.63) is 28.2 Å². The molecule has 0 aromatic heterocycles. The molecule has 0 aliphatic heterocycles. The summed E-state index contributed by atoms with van der Waals surface area (Å²) in [5.74, 6) is 0.275. The van der Waals surface area contributed by atoms with E-state index in [9.17, 15) is 4.79 Å². The summed E-state index contributed by atoms with van der Waals surface area (Å²) < 4.78 is 0.827. The number of halogens is 1. The summed E-state index contributed by atoms with van der Waals surface area (Å²) in [7, 11) is 0. The maximum atomic E-state index is 12.0. The molecule has 20 heavy (non-hydrogen) atoms. The molecule has 0 aliphatic rings. The number of anilines is 1. The molecule has 0 aliphatic carbocycles. The first-order valence-electron chi connectivity index (χ1n) is 6.71. The molecular weight excluding hydrogens is 316 g/mol. The van der Waals surface area contributed by atoms with Crippen molar-refractivity contribution in [1.82, 2.24) is 0 Å². The SMILES string of the molecule is CC(CC(=O)Nc1ccc(Br)cc1C#N)CC(C)(C)C. The Hall–Kier alpha value is -1.34. The molecule has 1 rings (SSSR count). The second-order valence-corrected chi connectivity index (χ2v) is 7.34. The van der Waals surface area contributed by atoms with Gasteiger partial charge in [0.2, 0.25) is 5.91 Å². The largest absolute Gasteiger partial charge is 0.325 e. The van der Waals surface area contributed by atoms with E-state index >= 15 is 0 Å². The van der Waals surface area contributed by atoms with E-state index in [1.54, 1.807) is 12.1 Å². The summed E-state index contributed by atoms with van der Waals surface area (Å²) in [4.78, 5) is 12.0. The number of hydrogen-bond acceptors (Lipinski definition) is 2. The van der Waals surface area contributed by atoms with E-state index in [1.807, 2.05) is 6.07 Å². The minimum atomic E-state index is -0.0411. The Labute approximate surface area is 129 Å². The van der Waals surface area contributed by atoms with Crippen LogP contribution in [-0.4, -0.2) is 5.91 Å². The standard InChI is InChI=1S/C16H21BrN2O/c1-11(9-16(2,3)4)7-15(20)19-14-6-5-13(17)8-12(14)10-18/h5-6,8,11H,7,9H2,1-4H3,(H,19,20). The summed E-state index contributed by atoms with van der Waals surface area (Å²) in [6.07, 6.45) is 1.46. The predicted octanol–water partition coefficient (Wildman–Crippen LogP) is 4.72. The second-order valence-electron chi connectivity index (χ2n) is 6.42. The fourth-order valence-corrected chi connectivity index (χ4v) is 2.71.